The number of hydrogen-bond acceptors (Lipinski definition) is 4. The molecule has 1 aromatic carbocycles. The lowest BCUT2D eigenvalue weighted by Gasteiger charge is -2.36. The Bertz CT molecular complexity index is 654. The maximum atomic E-state index is 12.9. The molecule has 1 aromatic rings. The van der Waals surface area contributed by atoms with Gasteiger partial charge in [0.05, 0.1) is 13.0 Å². The van der Waals surface area contributed by atoms with Gasteiger partial charge < -0.3 is 14.5 Å². The summed E-state index contributed by atoms with van der Waals surface area (Å²) in [5, 5.41) is 0. The van der Waals surface area contributed by atoms with E-state index in [1.807, 2.05) is 45.0 Å². The molecule has 2 amide bonds. The number of piperidine rings is 1. The summed E-state index contributed by atoms with van der Waals surface area (Å²) >= 11 is 0. The highest BCUT2D eigenvalue weighted by Gasteiger charge is 2.33. The second-order valence-corrected chi connectivity index (χ2v) is 7.09. The van der Waals surface area contributed by atoms with Crippen molar-refractivity contribution in [2.45, 2.75) is 39.7 Å². The van der Waals surface area contributed by atoms with Crippen molar-refractivity contribution in [3.05, 3.63) is 35.4 Å². The number of carbonyl (C=O) groups is 3. The van der Waals surface area contributed by atoms with Crippen LogP contribution in [-0.2, 0) is 14.3 Å². The fourth-order valence-corrected chi connectivity index (χ4v) is 3.20. The summed E-state index contributed by atoms with van der Waals surface area (Å²) in [6.07, 6.45) is 1.50. The van der Waals surface area contributed by atoms with Crippen LogP contribution in [0.15, 0.2) is 24.3 Å². The van der Waals surface area contributed by atoms with Crippen molar-refractivity contribution in [2.75, 3.05) is 26.7 Å². The molecule has 26 heavy (non-hydrogen) atoms. The van der Waals surface area contributed by atoms with Crippen LogP contribution in [-0.4, -0.2) is 60.4 Å². The first kappa shape index (κ1) is 19.9. The third-order valence-corrected chi connectivity index (χ3v) is 4.79. The molecule has 1 aliphatic rings. The van der Waals surface area contributed by atoms with Gasteiger partial charge in [0.25, 0.3) is 5.91 Å². The van der Waals surface area contributed by atoms with Gasteiger partial charge in [0, 0.05) is 24.7 Å². The van der Waals surface area contributed by atoms with Crippen LogP contribution < -0.4 is 0 Å². The molecule has 1 aliphatic heterocycles. The number of hydrogen-bond donors (Lipinski definition) is 0. The second-order valence-electron chi connectivity index (χ2n) is 7.09. The average Bonchev–Trinajstić information content (AvgIpc) is 2.65. The highest BCUT2D eigenvalue weighted by atomic mass is 16.5. The third kappa shape index (κ3) is 4.84. The van der Waals surface area contributed by atoms with E-state index in [4.69, 9.17) is 4.74 Å². The van der Waals surface area contributed by atoms with Crippen molar-refractivity contribution in [1.29, 1.82) is 0 Å². The van der Waals surface area contributed by atoms with Crippen LogP contribution in [0.1, 0.15) is 42.6 Å². The largest absolute Gasteiger partial charge is 0.468 e. The van der Waals surface area contributed by atoms with Crippen LogP contribution in [0.3, 0.4) is 0 Å². The topological polar surface area (TPSA) is 66.9 Å². The van der Waals surface area contributed by atoms with Gasteiger partial charge >= 0.3 is 5.97 Å². The predicted octanol–water partition coefficient (Wildman–Crippen LogP) is 2.26. The van der Waals surface area contributed by atoms with Crippen molar-refractivity contribution < 1.29 is 19.1 Å². The van der Waals surface area contributed by atoms with Gasteiger partial charge in [0.15, 0.2) is 0 Å². The quantitative estimate of drug-likeness (QED) is 0.756. The summed E-state index contributed by atoms with van der Waals surface area (Å²) < 4.78 is 4.70. The van der Waals surface area contributed by atoms with E-state index in [2.05, 4.69) is 0 Å². The van der Waals surface area contributed by atoms with E-state index in [1.165, 1.54) is 12.0 Å². The standard InChI is InChI=1S/C20H28N2O4/c1-14(2)22(13-18(23)26-4)20(25)17-6-5-11-21(12-17)19(24)16-9-7-15(3)8-10-16/h7-10,14,17H,5-6,11-13H2,1-4H3. The van der Waals surface area contributed by atoms with Crippen LogP contribution in [0.4, 0.5) is 0 Å². The summed E-state index contributed by atoms with van der Waals surface area (Å²) in [7, 11) is 1.31. The van der Waals surface area contributed by atoms with Gasteiger partial charge in [-0.25, -0.2) is 0 Å². The van der Waals surface area contributed by atoms with Crippen molar-refractivity contribution in [3.63, 3.8) is 0 Å². The maximum Gasteiger partial charge on any atom is 0.325 e. The van der Waals surface area contributed by atoms with E-state index >= 15 is 0 Å². The highest BCUT2D eigenvalue weighted by Crippen LogP contribution is 2.22. The second kappa shape index (κ2) is 8.83. The minimum Gasteiger partial charge on any atom is -0.468 e. The van der Waals surface area contributed by atoms with Crippen LogP contribution >= 0.6 is 0 Å². The van der Waals surface area contributed by atoms with Crippen molar-refractivity contribution in [1.82, 2.24) is 9.80 Å². The Balaban J connectivity index is 2.08. The number of carbonyl (C=O) groups excluding carboxylic acids is 3. The molecule has 0 radical (unpaired) electrons. The number of methoxy groups -OCH3 is 1. The maximum absolute atomic E-state index is 12.9. The summed E-state index contributed by atoms with van der Waals surface area (Å²) in [5.74, 6) is -0.862. The minimum atomic E-state index is -0.435. The van der Waals surface area contributed by atoms with E-state index < -0.39 is 5.97 Å². The van der Waals surface area contributed by atoms with Crippen LogP contribution in [0, 0.1) is 12.8 Å². The average molecular weight is 360 g/mol. The fourth-order valence-electron chi connectivity index (χ4n) is 3.20. The molecule has 6 nitrogen and oxygen atoms in total. The number of esters is 1. The molecule has 0 spiro atoms. The summed E-state index contributed by atoms with van der Waals surface area (Å²) in [4.78, 5) is 40.6. The molecule has 142 valence electrons. The zero-order chi connectivity index (χ0) is 19.3. The lowest BCUT2D eigenvalue weighted by molar-refractivity contribution is -0.150. The molecule has 1 heterocycles. The lowest BCUT2D eigenvalue weighted by Crippen LogP contribution is -2.50. The Labute approximate surface area is 155 Å². The Morgan fingerprint density at radius 3 is 2.46 bits per heavy atom. The number of ether oxygens (including phenoxy) is 1. The molecule has 1 unspecified atom stereocenters. The highest BCUT2D eigenvalue weighted by molar-refractivity contribution is 5.95. The third-order valence-electron chi connectivity index (χ3n) is 4.79. The number of amides is 2. The Hall–Kier alpha value is -2.37. The normalized spacial score (nSPS) is 17.1. The summed E-state index contributed by atoms with van der Waals surface area (Å²) in [5.41, 5.74) is 1.74. The van der Waals surface area contributed by atoms with E-state index in [0.717, 1.165) is 18.4 Å². The monoisotopic (exact) mass is 360 g/mol. The molecule has 6 heteroatoms. The molecule has 2 rings (SSSR count). The first-order valence-corrected chi connectivity index (χ1v) is 9.06. The van der Waals surface area contributed by atoms with E-state index in [1.54, 1.807) is 4.90 Å². The van der Waals surface area contributed by atoms with E-state index in [-0.39, 0.29) is 30.3 Å². The van der Waals surface area contributed by atoms with Gasteiger partial charge in [-0.05, 0) is 45.7 Å². The fraction of sp³-hybridized carbons (Fsp3) is 0.550. The number of likely N-dealkylation sites (tertiary alicyclic amines) is 1. The molecular formula is C20H28N2O4. The first-order valence-electron chi connectivity index (χ1n) is 9.06. The van der Waals surface area contributed by atoms with E-state index in [0.29, 0.717) is 18.7 Å². The smallest absolute Gasteiger partial charge is 0.325 e. The Morgan fingerprint density at radius 2 is 1.88 bits per heavy atom. The first-order chi connectivity index (χ1) is 12.3. The molecule has 0 aromatic heterocycles. The number of benzene rings is 1. The number of nitrogens with zero attached hydrogens (tertiary/aromatic N) is 2. The zero-order valence-electron chi connectivity index (χ0n) is 16.0. The molecule has 0 aliphatic carbocycles. The van der Waals surface area contributed by atoms with Gasteiger partial charge in [-0.3, -0.25) is 14.4 Å². The van der Waals surface area contributed by atoms with Crippen molar-refractivity contribution >= 4 is 17.8 Å². The SMILES string of the molecule is COC(=O)CN(C(=O)C1CCCN(C(=O)c2ccc(C)cc2)C1)C(C)C. The van der Waals surface area contributed by atoms with Gasteiger partial charge in [-0.2, -0.15) is 0 Å². The predicted molar refractivity (Wildman–Crippen MR) is 98.7 cm³/mol. The summed E-state index contributed by atoms with van der Waals surface area (Å²) in [6.45, 7) is 6.70. The van der Waals surface area contributed by atoms with Crippen LogP contribution in [0.25, 0.3) is 0 Å². The molecule has 0 N–H and O–H groups in total. The summed E-state index contributed by atoms with van der Waals surface area (Å²) in [6, 6.07) is 7.36. The molecule has 1 fully saturated rings. The number of rotatable bonds is 5. The molecular weight excluding hydrogens is 332 g/mol. The van der Waals surface area contributed by atoms with Gasteiger partial charge in [0.2, 0.25) is 5.91 Å². The molecule has 1 saturated heterocycles. The minimum absolute atomic E-state index is 0.0495. The van der Waals surface area contributed by atoms with Crippen LogP contribution in [0.2, 0.25) is 0 Å². The van der Waals surface area contributed by atoms with Gasteiger partial charge in [-0.15, -0.1) is 0 Å². The lowest BCUT2D eigenvalue weighted by atomic mass is 9.95. The Kier molecular flexibility index (Phi) is 6.77. The van der Waals surface area contributed by atoms with Crippen molar-refractivity contribution in [2.24, 2.45) is 5.92 Å². The van der Waals surface area contributed by atoms with Gasteiger partial charge in [-0.1, -0.05) is 17.7 Å². The number of aryl methyl sites for hydroxylation is 1. The zero-order valence-corrected chi connectivity index (χ0v) is 16.0. The molecule has 0 saturated carbocycles. The molecule has 1 atom stereocenters. The van der Waals surface area contributed by atoms with E-state index in [9.17, 15) is 14.4 Å². The van der Waals surface area contributed by atoms with Gasteiger partial charge in [0.1, 0.15) is 6.54 Å². The van der Waals surface area contributed by atoms with Crippen LogP contribution in [0.5, 0.6) is 0 Å². The van der Waals surface area contributed by atoms with Crippen molar-refractivity contribution in [3.8, 4) is 0 Å². The molecule has 0 bridgehead atoms. The Morgan fingerprint density at radius 1 is 1.23 bits per heavy atom.